The Morgan fingerprint density at radius 2 is 2.31 bits per heavy atom. The van der Waals surface area contributed by atoms with E-state index in [4.69, 9.17) is 21.1 Å². The molecule has 1 aromatic carbocycles. The lowest BCUT2D eigenvalue weighted by molar-refractivity contribution is -0.0572. The quantitative estimate of drug-likeness (QED) is 0.691. The summed E-state index contributed by atoms with van der Waals surface area (Å²) in [5, 5.41) is 0.712. The van der Waals surface area contributed by atoms with E-state index in [-0.39, 0.29) is 12.4 Å². The topological polar surface area (TPSA) is 18.5 Å². The molecule has 13 heavy (non-hydrogen) atoms. The van der Waals surface area contributed by atoms with Crippen molar-refractivity contribution in [2.24, 2.45) is 0 Å². The molecule has 0 aromatic heterocycles. The minimum atomic E-state index is -0.242. The number of rotatable bonds is 1. The molecule has 2 rings (SSSR count). The standard InChI is InChI=1S/C10H11ClO2/c1-7-6-12-10(13-7)8-3-2-4-9(11)5-8/h2-5,7,10H,6H2,1H3. The van der Waals surface area contributed by atoms with Gasteiger partial charge in [-0.3, -0.25) is 0 Å². The largest absolute Gasteiger partial charge is 0.346 e. The van der Waals surface area contributed by atoms with Crippen LogP contribution in [0.2, 0.25) is 5.02 Å². The smallest absolute Gasteiger partial charge is 0.184 e. The SMILES string of the molecule is CC1COC(c2cccc(Cl)c2)O1. The maximum Gasteiger partial charge on any atom is 0.184 e. The third-order valence-corrected chi connectivity index (χ3v) is 2.19. The summed E-state index contributed by atoms with van der Waals surface area (Å²) in [6, 6.07) is 7.55. The van der Waals surface area contributed by atoms with E-state index < -0.39 is 0 Å². The molecule has 1 fully saturated rings. The Bertz CT molecular complexity index is 301. The van der Waals surface area contributed by atoms with Crippen molar-refractivity contribution in [2.75, 3.05) is 6.61 Å². The van der Waals surface area contributed by atoms with E-state index in [0.29, 0.717) is 11.6 Å². The summed E-state index contributed by atoms with van der Waals surface area (Å²) in [6.45, 7) is 2.64. The van der Waals surface area contributed by atoms with Crippen LogP contribution in [-0.4, -0.2) is 12.7 Å². The lowest BCUT2D eigenvalue weighted by Crippen LogP contribution is -2.02. The molecule has 70 valence electrons. The zero-order chi connectivity index (χ0) is 9.26. The Morgan fingerprint density at radius 1 is 1.46 bits per heavy atom. The van der Waals surface area contributed by atoms with E-state index in [1.54, 1.807) is 0 Å². The van der Waals surface area contributed by atoms with Gasteiger partial charge in [0.15, 0.2) is 6.29 Å². The highest BCUT2D eigenvalue weighted by atomic mass is 35.5. The third-order valence-electron chi connectivity index (χ3n) is 1.96. The van der Waals surface area contributed by atoms with Gasteiger partial charge in [0.25, 0.3) is 0 Å². The zero-order valence-corrected chi connectivity index (χ0v) is 8.12. The fraction of sp³-hybridized carbons (Fsp3) is 0.400. The molecule has 0 N–H and O–H groups in total. The molecule has 1 aliphatic heterocycles. The van der Waals surface area contributed by atoms with Gasteiger partial charge in [-0.05, 0) is 19.1 Å². The number of halogens is 1. The monoisotopic (exact) mass is 198 g/mol. The fourth-order valence-electron chi connectivity index (χ4n) is 1.34. The predicted octanol–water partition coefficient (Wildman–Crippen LogP) is 2.77. The van der Waals surface area contributed by atoms with E-state index in [1.165, 1.54) is 0 Å². The highest BCUT2D eigenvalue weighted by molar-refractivity contribution is 6.30. The molecule has 2 atom stereocenters. The molecule has 0 aliphatic carbocycles. The predicted molar refractivity (Wildman–Crippen MR) is 50.7 cm³/mol. The van der Waals surface area contributed by atoms with Crippen molar-refractivity contribution < 1.29 is 9.47 Å². The average Bonchev–Trinajstić information content (AvgIpc) is 2.52. The molecular weight excluding hydrogens is 188 g/mol. The maximum atomic E-state index is 5.85. The van der Waals surface area contributed by atoms with Gasteiger partial charge < -0.3 is 9.47 Å². The Kier molecular flexibility index (Phi) is 2.54. The Labute approximate surface area is 82.4 Å². The summed E-state index contributed by atoms with van der Waals surface area (Å²) < 4.78 is 10.9. The molecular formula is C10H11ClO2. The molecule has 2 nitrogen and oxygen atoms in total. The van der Waals surface area contributed by atoms with Crippen molar-refractivity contribution >= 4 is 11.6 Å². The average molecular weight is 199 g/mol. The lowest BCUT2D eigenvalue weighted by Gasteiger charge is -2.09. The zero-order valence-electron chi connectivity index (χ0n) is 7.37. The van der Waals surface area contributed by atoms with Crippen molar-refractivity contribution in [3.8, 4) is 0 Å². The van der Waals surface area contributed by atoms with Gasteiger partial charge in [0.1, 0.15) is 0 Å². The highest BCUT2D eigenvalue weighted by Gasteiger charge is 2.23. The van der Waals surface area contributed by atoms with E-state index in [9.17, 15) is 0 Å². The maximum absolute atomic E-state index is 5.85. The number of hydrogen-bond acceptors (Lipinski definition) is 2. The van der Waals surface area contributed by atoms with Crippen LogP contribution in [-0.2, 0) is 9.47 Å². The Hall–Kier alpha value is -0.570. The Balaban J connectivity index is 2.16. The first-order valence-electron chi connectivity index (χ1n) is 4.28. The van der Waals surface area contributed by atoms with Crippen LogP contribution in [0.1, 0.15) is 18.8 Å². The second-order valence-corrected chi connectivity index (χ2v) is 3.60. The second-order valence-electron chi connectivity index (χ2n) is 3.17. The third kappa shape index (κ3) is 2.02. The normalized spacial score (nSPS) is 27.8. The number of benzene rings is 1. The summed E-state index contributed by atoms with van der Waals surface area (Å²) in [5.41, 5.74) is 0.983. The molecule has 1 saturated heterocycles. The number of hydrogen-bond donors (Lipinski definition) is 0. The lowest BCUT2D eigenvalue weighted by atomic mass is 10.2. The minimum absolute atomic E-state index is 0.170. The van der Waals surface area contributed by atoms with Gasteiger partial charge in [-0.15, -0.1) is 0 Å². The van der Waals surface area contributed by atoms with Crippen molar-refractivity contribution in [2.45, 2.75) is 19.3 Å². The van der Waals surface area contributed by atoms with Gasteiger partial charge >= 0.3 is 0 Å². The van der Waals surface area contributed by atoms with E-state index in [0.717, 1.165) is 5.56 Å². The van der Waals surface area contributed by atoms with Gasteiger partial charge in [-0.25, -0.2) is 0 Å². The summed E-state index contributed by atoms with van der Waals surface area (Å²) in [7, 11) is 0. The molecule has 0 saturated carbocycles. The van der Waals surface area contributed by atoms with E-state index in [2.05, 4.69) is 0 Å². The van der Waals surface area contributed by atoms with Crippen molar-refractivity contribution in [3.05, 3.63) is 34.9 Å². The van der Waals surface area contributed by atoms with Crippen LogP contribution in [0.5, 0.6) is 0 Å². The first kappa shape index (κ1) is 9.00. The minimum Gasteiger partial charge on any atom is -0.346 e. The molecule has 0 amide bonds. The van der Waals surface area contributed by atoms with Crippen molar-refractivity contribution in [1.82, 2.24) is 0 Å². The molecule has 3 heteroatoms. The van der Waals surface area contributed by atoms with Crippen LogP contribution < -0.4 is 0 Å². The molecule has 0 spiro atoms. The molecule has 1 aliphatic rings. The Morgan fingerprint density at radius 3 is 2.92 bits per heavy atom. The summed E-state index contributed by atoms with van der Waals surface area (Å²) >= 11 is 5.85. The molecule has 0 bridgehead atoms. The molecule has 2 unspecified atom stereocenters. The van der Waals surface area contributed by atoms with Gasteiger partial charge in [0, 0.05) is 10.6 Å². The van der Waals surface area contributed by atoms with Gasteiger partial charge in [0.05, 0.1) is 12.7 Å². The van der Waals surface area contributed by atoms with Crippen LogP contribution in [0.3, 0.4) is 0 Å². The first-order chi connectivity index (χ1) is 6.25. The van der Waals surface area contributed by atoms with Gasteiger partial charge in [-0.2, -0.15) is 0 Å². The van der Waals surface area contributed by atoms with Crippen molar-refractivity contribution in [1.29, 1.82) is 0 Å². The van der Waals surface area contributed by atoms with Crippen LogP contribution in [0, 0.1) is 0 Å². The number of ether oxygens (including phenoxy) is 2. The molecule has 1 heterocycles. The highest BCUT2D eigenvalue weighted by Crippen LogP contribution is 2.27. The summed E-state index contributed by atoms with van der Waals surface area (Å²) in [5.74, 6) is 0. The van der Waals surface area contributed by atoms with E-state index >= 15 is 0 Å². The molecule has 0 radical (unpaired) electrons. The van der Waals surface area contributed by atoms with Crippen LogP contribution in [0.25, 0.3) is 0 Å². The summed E-state index contributed by atoms with van der Waals surface area (Å²) in [4.78, 5) is 0. The van der Waals surface area contributed by atoms with Crippen molar-refractivity contribution in [3.63, 3.8) is 0 Å². The summed E-state index contributed by atoms with van der Waals surface area (Å²) in [6.07, 6.45) is -0.0716. The second kappa shape index (κ2) is 3.66. The first-order valence-corrected chi connectivity index (χ1v) is 4.66. The van der Waals surface area contributed by atoms with Crippen LogP contribution in [0.4, 0.5) is 0 Å². The van der Waals surface area contributed by atoms with Crippen LogP contribution >= 0.6 is 11.6 Å². The van der Waals surface area contributed by atoms with E-state index in [1.807, 2.05) is 31.2 Å². The van der Waals surface area contributed by atoms with Crippen LogP contribution in [0.15, 0.2) is 24.3 Å². The fourth-order valence-corrected chi connectivity index (χ4v) is 1.54. The van der Waals surface area contributed by atoms with Gasteiger partial charge in [-0.1, -0.05) is 23.7 Å². The van der Waals surface area contributed by atoms with Gasteiger partial charge in [0.2, 0.25) is 0 Å². The molecule has 1 aromatic rings.